The van der Waals surface area contributed by atoms with Crippen LogP contribution in [0.1, 0.15) is 18.6 Å². The molecule has 0 aliphatic rings. The number of hydrogen-bond donors (Lipinski definition) is 1. The van der Waals surface area contributed by atoms with Crippen molar-refractivity contribution in [3.05, 3.63) is 46.7 Å². The van der Waals surface area contributed by atoms with Crippen LogP contribution in [0.15, 0.2) is 41.1 Å². The van der Waals surface area contributed by atoms with Crippen molar-refractivity contribution in [2.45, 2.75) is 19.6 Å². The monoisotopic (exact) mass is 310 g/mol. The first kappa shape index (κ1) is 13.1. The Labute approximate surface area is 114 Å². The first-order valence-electron chi connectivity index (χ1n) is 5.74. The second kappa shape index (κ2) is 6.02. The zero-order valence-corrected chi connectivity index (χ0v) is 11.7. The number of aliphatic hydroxyl groups is 1. The van der Waals surface area contributed by atoms with Gasteiger partial charge in [-0.05, 0) is 31.2 Å². The molecule has 0 fully saturated rings. The van der Waals surface area contributed by atoms with Crippen LogP contribution in [0.4, 0.5) is 0 Å². The van der Waals surface area contributed by atoms with Gasteiger partial charge in [-0.25, -0.2) is 0 Å². The lowest BCUT2D eigenvalue weighted by atomic mass is 10.1. The van der Waals surface area contributed by atoms with Gasteiger partial charge in [0.15, 0.2) is 0 Å². The van der Waals surface area contributed by atoms with Crippen molar-refractivity contribution in [2.24, 2.45) is 0 Å². The number of nitrogens with zero attached hydrogens (tertiary/aromatic N) is 2. The number of aliphatic hydroxyl groups excluding tert-OH is 1. The third kappa shape index (κ3) is 3.34. The van der Waals surface area contributed by atoms with E-state index in [9.17, 15) is 5.11 Å². The maximum absolute atomic E-state index is 9.69. The molecule has 0 unspecified atom stereocenters. The summed E-state index contributed by atoms with van der Waals surface area (Å²) in [5, 5.41) is 13.8. The molecule has 2 aromatic rings. The quantitative estimate of drug-likeness (QED) is 0.923. The molecule has 1 atom stereocenters. The van der Waals surface area contributed by atoms with Crippen LogP contribution >= 0.6 is 15.9 Å². The first-order chi connectivity index (χ1) is 8.66. The van der Waals surface area contributed by atoms with Gasteiger partial charge in [0.1, 0.15) is 12.4 Å². The molecule has 96 valence electrons. The Bertz CT molecular complexity index is 498. The third-order valence-corrected chi connectivity index (χ3v) is 3.05. The Kier molecular flexibility index (Phi) is 4.38. The van der Waals surface area contributed by atoms with Crippen molar-refractivity contribution in [1.82, 2.24) is 9.78 Å². The molecule has 0 aliphatic carbocycles. The van der Waals surface area contributed by atoms with Gasteiger partial charge in [-0.1, -0.05) is 15.9 Å². The summed E-state index contributed by atoms with van der Waals surface area (Å²) in [5.74, 6) is 0.709. The standard InChI is InChI=1S/C13H15BrN2O2/c1-10(17)12-9-11(14)3-4-13(12)18-8-7-16-6-2-5-15-16/h2-6,9-10,17H,7-8H2,1H3/t10-/m1/s1. The normalized spacial score (nSPS) is 12.4. The van der Waals surface area contributed by atoms with Gasteiger partial charge in [0.2, 0.25) is 0 Å². The van der Waals surface area contributed by atoms with Crippen molar-refractivity contribution in [3.63, 3.8) is 0 Å². The Hall–Kier alpha value is -1.33. The second-order valence-corrected chi connectivity index (χ2v) is 4.89. The first-order valence-corrected chi connectivity index (χ1v) is 6.54. The smallest absolute Gasteiger partial charge is 0.125 e. The molecular formula is C13H15BrN2O2. The molecule has 2 rings (SSSR count). The van der Waals surface area contributed by atoms with Crippen molar-refractivity contribution in [2.75, 3.05) is 6.61 Å². The lowest BCUT2D eigenvalue weighted by Crippen LogP contribution is -2.10. The summed E-state index contributed by atoms with van der Waals surface area (Å²) in [4.78, 5) is 0. The summed E-state index contributed by atoms with van der Waals surface area (Å²) in [5.41, 5.74) is 0.782. The molecule has 0 saturated carbocycles. The Morgan fingerprint density at radius 3 is 3.00 bits per heavy atom. The second-order valence-electron chi connectivity index (χ2n) is 3.98. The van der Waals surface area contributed by atoms with Crippen molar-refractivity contribution in [3.8, 4) is 5.75 Å². The maximum atomic E-state index is 9.69. The summed E-state index contributed by atoms with van der Waals surface area (Å²) in [6.45, 7) is 2.92. The highest BCUT2D eigenvalue weighted by atomic mass is 79.9. The van der Waals surface area contributed by atoms with Gasteiger partial charge >= 0.3 is 0 Å². The zero-order chi connectivity index (χ0) is 13.0. The van der Waals surface area contributed by atoms with Gasteiger partial charge in [-0.15, -0.1) is 0 Å². The topological polar surface area (TPSA) is 47.3 Å². The maximum Gasteiger partial charge on any atom is 0.125 e. The molecule has 0 saturated heterocycles. The largest absolute Gasteiger partial charge is 0.491 e. The highest BCUT2D eigenvalue weighted by molar-refractivity contribution is 9.10. The van der Waals surface area contributed by atoms with Gasteiger partial charge in [0, 0.05) is 22.4 Å². The molecule has 1 heterocycles. The van der Waals surface area contributed by atoms with E-state index in [-0.39, 0.29) is 0 Å². The van der Waals surface area contributed by atoms with Crippen LogP contribution in [0.3, 0.4) is 0 Å². The minimum Gasteiger partial charge on any atom is -0.491 e. The zero-order valence-electron chi connectivity index (χ0n) is 10.1. The van der Waals surface area contributed by atoms with E-state index in [0.29, 0.717) is 18.9 Å². The fraction of sp³-hybridized carbons (Fsp3) is 0.308. The van der Waals surface area contributed by atoms with Crippen LogP contribution in [0.25, 0.3) is 0 Å². The molecule has 0 amide bonds. The highest BCUT2D eigenvalue weighted by Gasteiger charge is 2.09. The molecular weight excluding hydrogens is 296 g/mol. The summed E-state index contributed by atoms with van der Waals surface area (Å²) in [6, 6.07) is 7.50. The minimum atomic E-state index is -0.554. The van der Waals surface area contributed by atoms with Crippen LogP contribution in [-0.2, 0) is 6.54 Å². The van der Waals surface area contributed by atoms with Crippen LogP contribution in [0.5, 0.6) is 5.75 Å². The summed E-state index contributed by atoms with van der Waals surface area (Å²) >= 11 is 3.38. The summed E-state index contributed by atoms with van der Waals surface area (Å²) in [7, 11) is 0. The van der Waals surface area contributed by atoms with Crippen molar-refractivity contribution < 1.29 is 9.84 Å². The van der Waals surface area contributed by atoms with E-state index in [4.69, 9.17) is 4.74 Å². The molecule has 5 heteroatoms. The van der Waals surface area contributed by atoms with Crippen LogP contribution in [0, 0.1) is 0 Å². The Morgan fingerprint density at radius 1 is 1.50 bits per heavy atom. The third-order valence-electron chi connectivity index (χ3n) is 2.56. The van der Waals surface area contributed by atoms with E-state index >= 15 is 0 Å². The molecule has 1 aromatic heterocycles. The predicted molar refractivity (Wildman–Crippen MR) is 72.5 cm³/mol. The lowest BCUT2D eigenvalue weighted by Gasteiger charge is -2.14. The fourth-order valence-corrected chi connectivity index (χ4v) is 2.04. The molecule has 1 N–H and O–H groups in total. The van der Waals surface area contributed by atoms with Gasteiger partial charge in [0.25, 0.3) is 0 Å². The van der Waals surface area contributed by atoms with Gasteiger partial charge in [-0.3, -0.25) is 4.68 Å². The molecule has 0 radical (unpaired) electrons. The van der Waals surface area contributed by atoms with Gasteiger partial charge in [0.05, 0.1) is 12.6 Å². The minimum absolute atomic E-state index is 0.517. The Morgan fingerprint density at radius 2 is 2.33 bits per heavy atom. The van der Waals surface area contributed by atoms with Crippen molar-refractivity contribution in [1.29, 1.82) is 0 Å². The summed E-state index contributed by atoms with van der Waals surface area (Å²) < 4.78 is 8.42. The lowest BCUT2D eigenvalue weighted by molar-refractivity contribution is 0.190. The van der Waals surface area contributed by atoms with Gasteiger partial charge < -0.3 is 9.84 Å². The molecule has 18 heavy (non-hydrogen) atoms. The van der Waals surface area contributed by atoms with E-state index in [0.717, 1.165) is 10.0 Å². The van der Waals surface area contributed by atoms with E-state index in [1.165, 1.54) is 0 Å². The number of benzene rings is 1. The molecule has 0 spiro atoms. The van der Waals surface area contributed by atoms with E-state index in [1.807, 2.05) is 30.5 Å². The molecule has 4 nitrogen and oxygen atoms in total. The number of halogens is 1. The number of hydrogen-bond acceptors (Lipinski definition) is 3. The Balaban J connectivity index is 2.00. The molecule has 0 aliphatic heterocycles. The van der Waals surface area contributed by atoms with Crippen LogP contribution in [-0.4, -0.2) is 21.5 Å². The highest BCUT2D eigenvalue weighted by Crippen LogP contribution is 2.28. The number of aromatic nitrogens is 2. The molecule has 0 bridgehead atoms. The van der Waals surface area contributed by atoms with E-state index in [1.54, 1.807) is 17.8 Å². The van der Waals surface area contributed by atoms with Crippen molar-refractivity contribution >= 4 is 15.9 Å². The van der Waals surface area contributed by atoms with Gasteiger partial charge in [-0.2, -0.15) is 5.10 Å². The fourth-order valence-electron chi connectivity index (χ4n) is 1.66. The molecule has 1 aromatic carbocycles. The SMILES string of the molecule is C[C@@H](O)c1cc(Br)ccc1OCCn1cccn1. The average molecular weight is 311 g/mol. The van der Waals surface area contributed by atoms with Crippen LogP contribution < -0.4 is 4.74 Å². The number of rotatable bonds is 5. The van der Waals surface area contributed by atoms with E-state index in [2.05, 4.69) is 21.0 Å². The average Bonchev–Trinajstić information content (AvgIpc) is 2.84. The van der Waals surface area contributed by atoms with E-state index < -0.39 is 6.10 Å². The van der Waals surface area contributed by atoms with Crippen LogP contribution in [0.2, 0.25) is 0 Å². The number of ether oxygens (including phenoxy) is 1. The predicted octanol–water partition coefficient (Wildman–Crippen LogP) is 2.78. The summed E-state index contributed by atoms with van der Waals surface area (Å²) in [6.07, 6.45) is 3.07.